The summed E-state index contributed by atoms with van der Waals surface area (Å²) in [6.45, 7) is 2.36. The molecule has 134 valence electrons. The first-order valence-electron chi connectivity index (χ1n) is 8.01. The van der Waals surface area contributed by atoms with E-state index in [0.29, 0.717) is 6.61 Å². The monoisotopic (exact) mass is 424 g/mol. The molecule has 3 N–H and O–H groups in total. The first-order valence-corrected chi connectivity index (χ1v) is 8.80. The quantitative estimate of drug-likeness (QED) is 0.785. The number of ether oxygens (including phenoxy) is 1. The van der Waals surface area contributed by atoms with Crippen molar-refractivity contribution in [1.82, 2.24) is 5.32 Å². The predicted octanol–water partition coefficient (Wildman–Crippen LogP) is 3.69. The molecule has 25 heavy (non-hydrogen) atoms. The van der Waals surface area contributed by atoms with E-state index in [-0.39, 0.29) is 30.5 Å². The average Bonchev–Trinajstić information content (AvgIpc) is 3.04. The summed E-state index contributed by atoms with van der Waals surface area (Å²) < 4.78 is 6.78. The number of benzene rings is 2. The number of carbonyl (C=O) groups is 1. The van der Waals surface area contributed by atoms with Crippen LogP contribution in [0.5, 0.6) is 0 Å². The number of nitrogens with one attached hydrogen (secondary N) is 1. The molecular weight excluding hydrogens is 404 g/mol. The zero-order valence-corrected chi connectivity index (χ0v) is 16.3. The lowest BCUT2D eigenvalue weighted by atomic mass is 9.91. The van der Waals surface area contributed by atoms with Crippen LogP contribution in [-0.2, 0) is 15.1 Å². The number of amides is 1. The van der Waals surface area contributed by atoms with E-state index in [2.05, 4.69) is 21.2 Å². The van der Waals surface area contributed by atoms with Gasteiger partial charge in [0.25, 0.3) is 0 Å². The second-order valence-corrected chi connectivity index (χ2v) is 7.20. The minimum Gasteiger partial charge on any atom is -0.371 e. The summed E-state index contributed by atoms with van der Waals surface area (Å²) in [6, 6.07) is 17.4. The summed E-state index contributed by atoms with van der Waals surface area (Å²) >= 11 is 3.40. The van der Waals surface area contributed by atoms with Crippen LogP contribution in [-0.4, -0.2) is 18.6 Å². The molecule has 1 heterocycles. The maximum absolute atomic E-state index is 12.8. The third-order valence-corrected chi connectivity index (χ3v) is 4.98. The van der Waals surface area contributed by atoms with Gasteiger partial charge in [-0.05, 0) is 36.6 Å². The summed E-state index contributed by atoms with van der Waals surface area (Å²) in [5.41, 5.74) is 7.08. The Morgan fingerprint density at radius 2 is 1.84 bits per heavy atom. The molecule has 2 aromatic carbocycles. The van der Waals surface area contributed by atoms with Crippen molar-refractivity contribution >= 4 is 34.2 Å². The zero-order valence-electron chi connectivity index (χ0n) is 13.9. The van der Waals surface area contributed by atoms with E-state index < -0.39 is 5.54 Å². The Morgan fingerprint density at radius 1 is 1.20 bits per heavy atom. The van der Waals surface area contributed by atoms with Gasteiger partial charge in [-0.1, -0.05) is 58.4 Å². The number of carbonyl (C=O) groups excluding carboxylic acids is 1. The predicted molar refractivity (Wildman–Crippen MR) is 105 cm³/mol. The highest BCUT2D eigenvalue weighted by atomic mass is 79.9. The topological polar surface area (TPSA) is 64.4 Å². The van der Waals surface area contributed by atoms with Crippen LogP contribution in [0.25, 0.3) is 0 Å². The molecular formula is C19H22BrClN2O2. The Morgan fingerprint density at radius 3 is 2.48 bits per heavy atom. The molecule has 0 saturated carbocycles. The van der Waals surface area contributed by atoms with Crippen LogP contribution in [0.15, 0.2) is 59.1 Å². The standard InChI is InChI=1S/C19H21BrN2O2.ClH/c1-19(21,14-7-9-15(20)10-8-14)18(23)22-16-11-12-24-17(16)13-5-3-2-4-6-13;/h2-10,16-17H,11-12,21H2,1H3,(H,22,23);1H. The van der Waals surface area contributed by atoms with Crippen molar-refractivity contribution in [3.63, 3.8) is 0 Å². The van der Waals surface area contributed by atoms with Gasteiger partial charge in [0.1, 0.15) is 11.6 Å². The molecule has 2 aromatic rings. The first kappa shape index (κ1) is 19.9. The van der Waals surface area contributed by atoms with Crippen molar-refractivity contribution < 1.29 is 9.53 Å². The van der Waals surface area contributed by atoms with Gasteiger partial charge in [0.15, 0.2) is 0 Å². The van der Waals surface area contributed by atoms with E-state index in [4.69, 9.17) is 10.5 Å². The molecule has 0 aliphatic carbocycles. The van der Waals surface area contributed by atoms with Crippen LogP contribution in [0.4, 0.5) is 0 Å². The van der Waals surface area contributed by atoms with Crippen molar-refractivity contribution in [1.29, 1.82) is 0 Å². The van der Waals surface area contributed by atoms with E-state index in [1.54, 1.807) is 6.92 Å². The van der Waals surface area contributed by atoms with Gasteiger partial charge in [0.05, 0.1) is 6.04 Å². The van der Waals surface area contributed by atoms with Crippen molar-refractivity contribution in [2.45, 2.75) is 31.0 Å². The molecule has 3 unspecified atom stereocenters. The second-order valence-electron chi connectivity index (χ2n) is 6.28. The third-order valence-electron chi connectivity index (χ3n) is 4.45. The zero-order chi connectivity index (χ0) is 17.2. The van der Waals surface area contributed by atoms with Gasteiger partial charge in [-0.15, -0.1) is 12.4 Å². The highest BCUT2D eigenvalue weighted by Gasteiger charge is 2.36. The number of hydrogen-bond donors (Lipinski definition) is 2. The van der Waals surface area contributed by atoms with Crippen LogP contribution in [0.2, 0.25) is 0 Å². The lowest BCUT2D eigenvalue weighted by molar-refractivity contribution is -0.127. The van der Waals surface area contributed by atoms with E-state index in [9.17, 15) is 4.79 Å². The van der Waals surface area contributed by atoms with E-state index in [0.717, 1.165) is 22.0 Å². The van der Waals surface area contributed by atoms with E-state index in [1.807, 2.05) is 54.6 Å². The largest absolute Gasteiger partial charge is 0.371 e. The summed E-state index contributed by atoms with van der Waals surface area (Å²) in [5.74, 6) is -0.193. The molecule has 1 aliphatic heterocycles. The van der Waals surface area contributed by atoms with E-state index in [1.165, 1.54) is 0 Å². The van der Waals surface area contributed by atoms with Crippen LogP contribution in [0.1, 0.15) is 30.6 Å². The first-order chi connectivity index (χ1) is 11.5. The number of nitrogens with two attached hydrogens (primary N) is 1. The summed E-state index contributed by atoms with van der Waals surface area (Å²) in [7, 11) is 0. The molecule has 6 heteroatoms. The summed E-state index contributed by atoms with van der Waals surface area (Å²) in [4.78, 5) is 12.8. The Kier molecular flexibility index (Phi) is 6.63. The SMILES string of the molecule is CC(N)(C(=O)NC1CCOC1c1ccccc1)c1ccc(Br)cc1.Cl. The molecule has 4 nitrogen and oxygen atoms in total. The molecule has 0 bridgehead atoms. The lowest BCUT2D eigenvalue weighted by Crippen LogP contribution is -2.52. The fourth-order valence-corrected chi connectivity index (χ4v) is 3.22. The molecule has 1 amide bonds. The minimum absolute atomic E-state index is 0. The molecule has 0 aromatic heterocycles. The summed E-state index contributed by atoms with van der Waals surface area (Å²) in [6.07, 6.45) is 0.651. The molecule has 3 atom stereocenters. The van der Waals surface area contributed by atoms with Gasteiger partial charge in [-0.2, -0.15) is 0 Å². The van der Waals surface area contributed by atoms with Gasteiger partial charge in [-0.3, -0.25) is 4.79 Å². The van der Waals surface area contributed by atoms with Crippen LogP contribution < -0.4 is 11.1 Å². The van der Waals surface area contributed by atoms with Gasteiger partial charge in [0, 0.05) is 11.1 Å². The maximum atomic E-state index is 12.8. The van der Waals surface area contributed by atoms with Crippen molar-refractivity contribution in [2.24, 2.45) is 5.73 Å². The fourth-order valence-electron chi connectivity index (χ4n) is 2.95. The van der Waals surface area contributed by atoms with Crippen molar-refractivity contribution in [3.05, 3.63) is 70.2 Å². The number of rotatable bonds is 4. The molecule has 0 radical (unpaired) electrons. The lowest BCUT2D eigenvalue weighted by Gasteiger charge is -2.28. The Labute approximate surface area is 162 Å². The van der Waals surface area contributed by atoms with Crippen LogP contribution in [0, 0.1) is 0 Å². The maximum Gasteiger partial charge on any atom is 0.244 e. The van der Waals surface area contributed by atoms with Crippen LogP contribution in [0.3, 0.4) is 0 Å². The van der Waals surface area contributed by atoms with Gasteiger partial charge in [0.2, 0.25) is 5.91 Å². The normalized spacial score (nSPS) is 21.9. The minimum atomic E-state index is -1.09. The smallest absolute Gasteiger partial charge is 0.244 e. The van der Waals surface area contributed by atoms with Gasteiger partial charge < -0.3 is 15.8 Å². The van der Waals surface area contributed by atoms with Crippen LogP contribution >= 0.6 is 28.3 Å². The van der Waals surface area contributed by atoms with Crippen molar-refractivity contribution in [2.75, 3.05) is 6.61 Å². The molecule has 3 rings (SSSR count). The molecule has 1 saturated heterocycles. The highest BCUT2D eigenvalue weighted by Crippen LogP contribution is 2.30. The molecule has 0 spiro atoms. The van der Waals surface area contributed by atoms with Crippen molar-refractivity contribution in [3.8, 4) is 0 Å². The molecule has 1 fully saturated rings. The van der Waals surface area contributed by atoms with E-state index >= 15 is 0 Å². The number of hydrogen-bond acceptors (Lipinski definition) is 3. The third kappa shape index (κ3) is 4.42. The summed E-state index contributed by atoms with van der Waals surface area (Å²) in [5, 5.41) is 3.08. The second kappa shape index (κ2) is 8.32. The number of halogens is 2. The Bertz CT molecular complexity index is 707. The van der Waals surface area contributed by atoms with Gasteiger partial charge in [-0.25, -0.2) is 0 Å². The van der Waals surface area contributed by atoms with Gasteiger partial charge >= 0.3 is 0 Å². The Balaban J connectivity index is 0.00000225. The average molecular weight is 426 g/mol. The fraction of sp³-hybridized carbons (Fsp3) is 0.316. The molecule has 1 aliphatic rings. The highest BCUT2D eigenvalue weighted by molar-refractivity contribution is 9.10. The Hall–Kier alpha value is -1.40.